The number of carbonyl (C=O) groups excluding carboxylic acids is 1. The minimum atomic E-state index is -0.248. The van der Waals surface area contributed by atoms with Crippen LogP contribution in [0.4, 0.5) is 0 Å². The van der Waals surface area contributed by atoms with Crippen LogP contribution in [0.15, 0.2) is 0 Å². The molecule has 4 heteroatoms. The molecule has 102 valence electrons. The quantitative estimate of drug-likeness (QED) is 0.602. The van der Waals surface area contributed by atoms with Gasteiger partial charge in [0.25, 0.3) is 0 Å². The third-order valence-electron chi connectivity index (χ3n) is 3.04. The minimum absolute atomic E-state index is 0.0524. The highest BCUT2D eigenvalue weighted by molar-refractivity contribution is 5.75. The van der Waals surface area contributed by atoms with Crippen molar-refractivity contribution >= 4 is 5.91 Å². The molecule has 0 aliphatic rings. The summed E-state index contributed by atoms with van der Waals surface area (Å²) in [6.07, 6.45) is 2.30. The van der Waals surface area contributed by atoms with Crippen LogP contribution in [0.5, 0.6) is 0 Å². The maximum atomic E-state index is 11.6. The van der Waals surface area contributed by atoms with Gasteiger partial charge in [0.05, 0.1) is 0 Å². The van der Waals surface area contributed by atoms with Gasteiger partial charge in [-0.15, -0.1) is 0 Å². The summed E-state index contributed by atoms with van der Waals surface area (Å²) in [6, 6.07) is 0. The Bertz CT molecular complexity index is 238. The summed E-state index contributed by atoms with van der Waals surface area (Å²) in [5, 5.41) is 11.9. The van der Waals surface area contributed by atoms with Crippen molar-refractivity contribution in [3.8, 4) is 0 Å². The second-order valence-electron chi connectivity index (χ2n) is 6.30. The Balaban J connectivity index is 3.88. The number of hydrogen-bond donors (Lipinski definition) is 3. The number of aliphatic hydroxyl groups is 1. The van der Waals surface area contributed by atoms with E-state index in [0.29, 0.717) is 19.5 Å². The van der Waals surface area contributed by atoms with E-state index in [9.17, 15) is 4.79 Å². The smallest absolute Gasteiger partial charge is 0.220 e. The van der Waals surface area contributed by atoms with Gasteiger partial charge in [-0.25, -0.2) is 0 Å². The summed E-state index contributed by atoms with van der Waals surface area (Å²) in [4.78, 5) is 11.6. The maximum absolute atomic E-state index is 11.6. The van der Waals surface area contributed by atoms with Gasteiger partial charge in [0, 0.05) is 25.0 Å². The van der Waals surface area contributed by atoms with Gasteiger partial charge in [-0.2, -0.15) is 0 Å². The zero-order valence-electron chi connectivity index (χ0n) is 11.7. The SMILES string of the molecule is CC(C)(CCN)CCC(=O)NCC(C)(C)CO. The lowest BCUT2D eigenvalue weighted by atomic mass is 9.84. The summed E-state index contributed by atoms with van der Waals surface area (Å²) in [7, 11) is 0. The van der Waals surface area contributed by atoms with Crippen molar-refractivity contribution in [3.63, 3.8) is 0 Å². The molecular formula is C13H28N2O2. The maximum Gasteiger partial charge on any atom is 0.220 e. The molecule has 0 aliphatic heterocycles. The van der Waals surface area contributed by atoms with E-state index >= 15 is 0 Å². The molecule has 0 radical (unpaired) electrons. The van der Waals surface area contributed by atoms with Gasteiger partial charge >= 0.3 is 0 Å². The Kier molecular flexibility index (Phi) is 6.72. The van der Waals surface area contributed by atoms with Crippen LogP contribution in [0, 0.1) is 10.8 Å². The molecule has 0 bridgehead atoms. The number of carbonyl (C=O) groups is 1. The van der Waals surface area contributed by atoms with Gasteiger partial charge in [0.2, 0.25) is 5.91 Å². The van der Waals surface area contributed by atoms with Crippen LogP contribution in [-0.2, 0) is 4.79 Å². The fourth-order valence-electron chi connectivity index (χ4n) is 1.45. The second-order valence-corrected chi connectivity index (χ2v) is 6.30. The van der Waals surface area contributed by atoms with Crippen molar-refractivity contribution in [2.45, 2.75) is 47.0 Å². The summed E-state index contributed by atoms with van der Waals surface area (Å²) >= 11 is 0. The Morgan fingerprint density at radius 2 is 1.76 bits per heavy atom. The molecule has 0 unspecified atom stereocenters. The van der Waals surface area contributed by atoms with Gasteiger partial charge in [0.15, 0.2) is 0 Å². The fraction of sp³-hybridized carbons (Fsp3) is 0.923. The van der Waals surface area contributed by atoms with Crippen LogP contribution in [0.3, 0.4) is 0 Å². The zero-order chi connectivity index (χ0) is 13.5. The standard InChI is InChI=1S/C13H28N2O2/c1-12(2,7-8-14)6-5-11(17)15-9-13(3,4)10-16/h16H,5-10,14H2,1-4H3,(H,15,17). The van der Waals surface area contributed by atoms with Crippen LogP contribution in [0.25, 0.3) is 0 Å². The van der Waals surface area contributed by atoms with E-state index in [1.165, 1.54) is 0 Å². The van der Waals surface area contributed by atoms with Gasteiger partial charge in [-0.3, -0.25) is 4.79 Å². The number of aliphatic hydroxyl groups excluding tert-OH is 1. The zero-order valence-corrected chi connectivity index (χ0v) is 11.7. The molecule has 4 N–H and O–H groups in total. The summed E-state index contributed by atoms with van der Waals surface area (Å²) in [5.74, 6) is 0.0524. The molecule has 17 heavy (non-hydrogen) atoms. The van der Waals surface area contributed by atoms with Crippen molar-refractivity contribution in [1.29, 1.82) is 0 Å². The Hall–Kier alpha value is -0.610. The molecule has 0 fully saturated rings. The number of nitrogens with two attached hydrogens (primary N) is 1. The number of rotatable bonds is 8. The molecule has 0 aromatic rings. The lowest BCUT2D eigenvalue weighted by Crippen LogP contribution is -2.36. The summed E-state index contributed by atoms with van der Waals surface area (Å²) in [6.45, 7) is 9.35. The molecule has 0 saturated heterocycles. The molecule has 1 amide bonds. The third-order valence-corrected chi connectivity index (χ3v) is 3.04. The third kappa shape index (κ3) is 8.16. The van der Waals surface area contributed by atoms with Gasteiger partial charge in [0.1, 0.15) is 0 Å². The van der Waals surface area contributed by atoms with Crippen LogP contribution in [0.2, 0.25) is 0 Å². The highest BCUT2D eigenvalue weighted by atomic mass is 16.3. The first-order valence-corrected chi connectivity index (χ1v) is 6.30. The average molecular weight is 244 g/mol. The molecular weight excluding hydrogens is 216 g/mol. The first-order chi connectivity index (χ1) is 7.72. The van der Waals surface area contributed by atoms with E-state index < -0.39 is 0 Å². The Morgan fingerprint density at radius 3 is 2.24 bits per heavy atom. The second kappa shape index (κ2) is 6.97. The monoisotopic (exact) mass is 244 g/mol. The summed E-state index contributed by atoms with van der Waals surface area (Å²) in [5.41, 5.74) is 5.40. The van der Waals surface area contributed by atoms with Crippen LogP contribution >= 0.6 is 0 Å². The summed E-state index contributed by atoms with van der Waals surface area (Å²) < 4.78 is 0. The highest BCUT2D eigenvalue weighted by Crippen LogP contribution is 2.25. The highest BCUT2D eigenvalue weighted by Gasteiger charge is 2.20. The van der Waals surface area contributed by atoms with Crippen LogP contribution in [0.1, 0.15) is 47.0 Å². The van der Waals surface area contributed by atoms with Crippen LogP contribution < -0.4 is 11.1 Å². The molecule has 0 aromatic heterocycles. The molecule has 0 heterocycles. The van der Waals surface area contributed by atoms with E-state index in [2.05, 4.69) is 19.2 Å². The van der Waals surface area contributed by atoms with Crippen molar-refractivity contribution in [2.24, 2.45) is 16.6 Å². The topological polar surface area (TPSA) is 75.4 Å². The predicted octanol–water partition coefficient (Wildman–Crippen LogP) is 1.28. The van der Waals surface area contributed by atoms with E-state index in [1.54, 1.807) is 0 Å². The minimum Gasteiger partial charge on any atom is -0.396 e. The Morgan fingerprint density at radius 1 is 1.18 bits per heavy atom. The molecule has 4 nitrogen and oxygen atoms in total. The van der Waals surface area contributed by atoms with Crippen LogP contribution in [-0.4, -0.2) is 30.7 Å². The van der Waals surface area contributed by atoms with E-state index in [4.69, 9.17) is 10.8 Å². The molecule has 0 atom stereocenters. The molecule has 0 rings (SSSR count). The van der Waals surface area contributed by atoms with Gasteiger partial charge in [-0.1, -0.05) is 27.7 Å². The number of nitrogens with one attached hydrogen (secondary N) is 1. The Labute approximate surface area is 105 Å². The van der Waals surface area contributed by atoms with Crippen molar-refractivity contribution < 1.29 is 9.90 Å². The largest absolute Gasteiger partial charge is 0.396 e. The van der Waals surface area contributed by atoms with E-state index in [-0.39, 0.29) is 23.3 Å². The normalized spacial score (nSPS) is 12.6. The van der Waals surface area contributed by atoms with Crippen molar-refractivity contribution in [1.82, 2.24) is 5.32 Å². The van der Waals surface area contributed by atoms with Gasteiger partial charge < -0.3 is 16.2 Å². The molecule has 0 aliphatic carbocycles. The average Bonchev–Trinajstić information content (AvgIpc) is 2.24. The van der Waals surface area contributed by atoms with E-state index in [0.717, 1.165) is 12.8 Å². The lowest BCUT2D eigenvalue weighted by Gasteiger charge is -2.25. The molecule has 0 spiro atoms. The lowest BCUT2D eigenvalue weighted by molar-refractivity contribution is -0.122. The van der Waals surface area contributed by atoms with Crippen molar-refractivity contribution in [3.05, 3.63) is 0 Å². The number of hydrogen-bond acceptors (Lipinski definition) is 3. The van der Waals surface area contributed by atoms with Crippen molar-refractivity contribution in [2.75, 3.05) is 19.7 Å². The predicted molar refractivity (Wildman–Crippen MR) is 70.6 cm³/mol. The molecule has 0 saturated carbocycles. The number of amides is 1. The van der Waals surface area contributed by atoms with Gasteiger partial charge in [-0.05, 0) is 24.8 Å². The molecule has 0 aromatic carbocycles. The van der Waals surface area contributed by atoms with E-state index in [1.807, 2.05) is 13.8 Å². The first kappa shape index (κ1) is 16.4. The fourth-order valence-corrected chi connectivity index (χ4v) is 1.45. The first-order valence-electron chi connectivity index (χ1n) is 6.30.